The van der Waals surface area contributed by atoms with Gasteiger partial charge >= 0.3 is 0 Å². The minimum Gasteiger partial charge on any atom is -0.385 e. The zero-order valence-electron chi connectivity index (χ0n) is 14.9. The number of benzene rings is 1. The molecule has 1 heterocycles. The van der Waals surface area contributed by atoms with Crippen molar-refractivity contribution in [1.82, 2.24) is 9.80 Å². The number of ether oxygens (including phenoxy) is 1. The van der Waals surface area contributed by atoms with Crippen molar-refractivity contribution in [3.8, 4) is 0 Å². The predicted octanol–water partition coefficient (Wildman–Crippen LogP) is 2.50. The normalized spacial score (nSPS) is 22.3. The van der Waals surface area contributed by atoms with E-state index in [2.05, 4.69) is 37.8 Å². The summed E-state index contributed by atoms with van der Waals surface area (Å²) in [6, 6.07) is 8.96. The molecule has 1 amide bonds. The van der Waals surface area contributed by atoms with Gasteiger partial charge in [-0.15, -0.1) is 0 Å². The first kappa shape index (κ1) is 18.0. The number of nitrogens with zero attached hydrogens (tertiary/aromatic N) is 2. The van der Waals surface area contributed by atoms with Gasteiger partial charge in [0.25, 0.3) is 0 Å². The molecule has 1 aliphatic heterocycles. The number of methoxy groups -OCH3 is 1. The first-order valence-electron chi connectivity index (χ1n) is 8.60. The quantitative estimate of drug-likeness (QED) is 0.756. The summed E-state index contributed by atoms with van der Waals surface area (Å²) >= 11 is 0. The van der Waals surface area contributed by atoms with E-state index in [1.54, 1.807) is 7.11 Å². The molecule has 1 aromatic carbocycles. The van der Waals surface area contributed by atoms with Crippen LogP contribution < -0.4 is 0 Å². The van der Waals surface area contributed by atoms with Crippen LogP contribution in [0.2, 0.25) is 0 Å². The Labute approximate surface area is 140 Å². The van der Waals surface area contributed by atoms with Gasteiger partial charge in [0.15, 0.2) is 0 Å². The molecule has 0 saturated carbocycles. The van der Waals surface area contributed by atoms with Crippen molar-refractivity contribution in [1.29, 1.82) is 0 Å². The van der Waals surface area contributed by atoms with Crippen LogP contribution in [0.5, 0.6) is 0 Å². The van der Waals surface area contributed by atoms with Crippen molar-refractivity contribution in [2.45, 2.75) is 45.7 Å². The summed E-state index contributed by atoms with van der Waals surface area (Å²) in [7, 11) is 1.75. The maximum absolute atomic E-state index is 12.7. The number of rotatable bonds is 6. The smallest absolute Gasteiger partial charge is 0.227 e. The molecule has 1 aromatic rings. The number of amides is 1. The lowest BCUT2D eigenvalue weighted by Gasteiger charge is -2.44. The van der Waals surface area contributed by atoms with Gasteiger partial charge in [0.05, 0.1) is 6.42 Å². The number of hydrogen-bond donors (Lipinski definition) is 0. The monoisotopic (exact) mass is 318 g/mol. The van der Waals surface area contributed by atoms with Crippen LogP contribution in [0.4, 0.5) is 0 Å². The summed E-state index contributed by atoms with van der Waals surface area (Å²) in [4.78, 5) is 17.2. The van der Waals surface area contributed by atoms with E-state index in [-0.39, 0.29) is 5.91 Å². The molecule has 4 nitrogen and oxygen atoms in total. The van der Waals surface area contributed by atoms with E-state index in [1.165, 1.54) is 5.56 Å². The van der Waals surface area contributed by atoms with Crippen LogP contribution >= 0.6 is 0 Å². The molecule has 0 aromatic heterocycles. The van der Waals surface area contributed by atoms with E-state index in [1.807, 2.05) is 17.0 Å². The fraction of sp³-hybridized carbons (Fsp3) is 0.632. The number of carbonyl (C=O) groups is 1. The number of piperazine rings is 1. The van der Waals surface area contributed by atoms with Crippen LogP contribution in [-0.2, 0) is 16.0 Å². The molecule has 1 aliphatic rings. The summed E-state index contributed by atoms with van der Waals surface area (Å²) in [6.45, 7) is 9.99. The van der Waals surface area contributed by atoms with Crippen LogP contribution in [0, 0.1) is 6.92 Å². The SMILES string of the molecule is COCCCN1C(C)CN(C(=O)Cc2ccccc2C)CC1C. The van der Waals surface area contributed by atoms with E-state index in [4.69, 9.17) is 4.74 Å². The maximum atomic E-state index is 12.7. The average Bonchev–Trinajstić information content (AvgIpc) is 2.52. The molecule has 0 aliphatic carbocycles. The van der Waals surface area contributed by atoms with Gasteiger partial charge in [0.2, 0.25) is 5.91 Å². The third-order valence-electron chi connectivity index (χ3n) is 4.82. The van der Waals surface area contributed by atoms with Crippen molar-refractivity contribution in [2.75, 3.05) is 33.4 Å². The highest BCUT2D eigenvalue weighted by molar-refractivity contribution is 5.79. The summed E-state index contributed by atoms with van der Waals surface area (Å²) in [6.07, 6.45) is 1.55. The maximum Gasteiger partial charge on any atom is 0.227 e. The Morgan fingerprint density at radius 3 is 2.48 bits per heavy atom. The van der Waals surface area contributed by atoms with Crippen molar-refractivity contribution in [3.63, 3.8) is 0 Å². The Kier molecular flexibility index (Phi) is 6.60. The number of aryl methyl sites for hydroxylation is 1. The topological polar surface area (TPSA) is 32.8 Å². The predicted molar refractivity (Wildman–Crippen MR) is 93.6 cm³/mol. The summed E-state index contributed by atoms with van der Waals surface area (Å²) < 4.78 is 5.15. The zero-order chi connectivity index (χ0) is 16.8. The molecular formula is C19H30N2O2. The molecule has 0 bridgehead atoms. The van der Waals surface area contributed by atoms with Gasteiger partial charge in [-0.05, 0) is 38.3 Å². The van der Waals surface area contributed by atoms with Crippen molar-refractivity contribution in [3.05, 3.63) is 35.4 Å². The van der Waals surface area contributed by atoms with E-state index >= 15 is 0 Å². The number of carbonyl (C=O) groups excluding carboxylic acids is 1. The first-order chi connectivity index (χ1) is 11.0. The molecule has 2 atom stereocenters. The highest BCUT2D eigenvalue weighted by Gasteiger charge is 2.31. The second-order valence-electron chi connectivity index (χ2n) is 6.68. The van der Waals surface area contributed by atoms with Crippen LogP contribution in [0.3, 0.4) is 0 Å². The molecule has 0 radical (unpaired) electrons. The Morgan fingerprint density at radius 2 is 1.87 bits per heavy atom. The Morgan fingerprint density at radius 1 is 1.22 bits per heavy atom. The van der Waals surface area contributed by atoms with Gasteiger partial charge in [-0.25, -0.2) is 0 Å². The third-order valence-corrected chi connectivity index (χ3v) is 4.82. The minimum atomic E-state index is 0.245. The van der Waals surface area contributed by atoms with Gasteiger partial charge in [-0.2, -0.15) is 0 Å². The van der Waals surface area contributed by atoms with Crippen LogP contribution in [0.15, 0.2) is 24.3 Å². The second-order valence-corrected chi connectivity index (χ2v) is 6.68. The first-order valence-corrected chi connectivity index (χ1v) is 8.60. The Hall–Kier alpha value is -1.39. The van der Waals surface area contributed by atoms with Gasteiger partial charge in [0, 0.05) is 45.4 Å². The number of hydrogen-bond acceptors (Lipinski definition) is 3. The van der Waals surface area contributed by atoms with Crippen LogP contribution in [0.1, 0.15) is 31.4 Å². The third kappa shape index (κ3) is 4.79. The van der Waals surface area contributed by atoms with Gasteiger partial charge in [-0.1, -0.05) is 24.3 Å². The molecule has 2 rings (SSSR count). The summed E-state index contributed by atoms with van der Waals surface area (Å²) in [5.74, 6) is 0.245. The molecule has 0 spiro atoms. The van der Waals surface area contributed by atoms with Crippen LogP contribution in [0.25, 0.3) is 0 Å². The molecule has 23 heavy (non-hydrogen) atoms. The van der Waals surface area contributed by atoms with Gasteiger partial charge in [-0.3, -0.25) is 9.69 Å². The van der Waals surface area contributed by atoms with E-state index in [0.29, 0.717) is 18.5 Å². The average molecular weight is 318 g/mol. The van der Waals surface area contributed by atoms with Crippen LogP contribution in [-0.4, -0.2) is 61.1 Å². The fourth-order valence-electron chi connectivity index (χ4n) is 3.48. The molecule has 1 saturated heterocycles. The highest BCUT2D eigenvalue weighted by atomic mass is 16.5. The largest absolute Gasteiger partial charge is 0.385 e. The lowest BCUT2D eigenvalue weighted by molar-refractivity contribution is -0.134. The summed E-state index contributed by atoms with van der Waals surface area (Å²) in [5, 5.41) is 0. The highest BCUT2D eigenvalue weighted by Crippen LogP contribution is 2.18. The lowest BCUT2D eigenvalue weighted by Crippen LogP contribution is -2.58. The molecular weight excluding hydrogens is 288 g/mol. The van der Waals surface area contributed by atoms with Crippen molar-refractivity contribution in [2.24, 2.45) is 0 Å². The fourth-order valence-corrected chi connectivity index (χ4v) is 3.48. The molecule has 0 N–H and O–H groups in total. The van der Waals surface area contributed by atoms with Crippen molar-refractivity contribution < 1.29 is 9.53 Å². The van der Waals surface area contributed by atoms with E-state index in [0.717, 1.165) is 38.2 Å². The van der Waals surface area contributed by atoms with Crippen molar-refractivity contribution >= 4 is 5.91 Å². The molecule has 4 heteroatoms. The van der Waals surface area contributed by atoms with E-state index in [9.17, 15) is 4.79 Å². The standard InChI is InChI=1S/C19H30N2O2/c1-15-8-5-6-9-18(15)12-19(22)20-13-16(2)21(17(3)14-20)10-7-11-23-4/h5-6,8-9,16-17H,7,10-14H2,1-4H3. The molecule has 1 fully saturated rings. The molecule has 2 unspecified atom stereocenters. The summed E-state index contributed by atoms with van der Waals surface area (Å²) in [5.41, 5.74) is 2.33. The van der Waals surface area contributed by atoms with Gasteiger partial charge in [0.1, 0.15) is 0 Å². The van der Waals surface area contributed by atoms with E-state index < -0.39 is 0 Å². The molecule has 128 valence electrons. The van der Waals surface area contributed by atoms with Gasteiger partial charge < -0.3 is 9.64 Å². The Bertz CT molecular complexity index is 506. The zero-order valence-corrected chi connectivity index (χ0v) is 14.9. The second kappa shape index (κ2) is 8.46. The Balaban J connectivity index is 1.92. The minimum absolute atomic E-state index is 0.245. The lowest BCUT2D eigenvalue weighted by atomic mass is 10.0.